The van der Waals surface area contributed by atoms with Crippen molar-refractivity contribution in [2.45, 2.75) is 241 Å². The number of fused-ring (bicyclic) bond motifs is 10. The summed E-state index contributed by atoms with van der Waals surface area (Å²) in [4.78, 5) is 4.63. The maximum Gasteiger partial charge on any atom is 0.252 e. The van der Waals surface area contributed by atoms with Gasteiger partial charge in [0.2, 0.25) is 0 Å². The van der Waals surface area contributed by atoms with Crippen molar-refractivity contribution in [3.05, 3.63) is 305 Å². The van der Waals surface area contributed by atoms with Crippen molar-refractivity contribution in [2.24, 2.45) is 32.5 Å². The fourth-order valence-electron chi connectivity index (χ4n) is 18.4. The Balaban J connectivity index is 1.15. The largest absolute Gasteiger partial charge is 0.310 e. The van der Waals surface area contributed by atoms with Crippen molar-refractivity contribution >= 4 is 101 Å². The fourth-order valence-corrected chi connectivity index (χ4v) is 18.4. The Morgan fingerprint density at radius 3 is 0.832 bits per heavy atom. The molecule has 4 nitrogen and oxygen atoms in total. The first-order valence-corrected chi connectivity index (χ1v) is 44.5. The summed E-state index contributed by atoms with van der Waals surface area (Å²) in [5.74, 6) is 0. The van der Waals surface area contributed by atoms with Crippen LogP contribution in [-0.2, 0) is 54.5 Å². The highest BCUT2D eigenvalue weighted by Gasteiger charge is 2.47. The molecule has 4 heterocycles. The van der Waals surface area contributed by atoms with Crippen LogP contribution in [0.2, 0.25) is 0 Å². The van der Waals surface area contributed by atoms with Crippen molar-refractivity contribution in [3.63, 3.8) is 0 Å². The normalized spacial score (nSPS) is 16.7. The van der Waals surface area contributed by atoms with Crippen LogP contribution in [0.1, 0.15) is 264 Å². The van der Waals surface area contributed by atoms with Crippen LogP contribution in [0.4, 0.5) is 34.1 Å². The van der Waals surface area contributed by atoms with E-state index in [2.05, 4.69) is 133 Å². The highest BCUT2D eigenvalue weighted by molar-refractivity contribution is 7.00. The molecule has 0 N–H and O–H groups in total. The van der Waals surface area contributed by atoms with Crippen molar-refractivity contribution in [2.75, 3.05) is 9.80 Å². The summed E-state index contributed by atoms with van der Waals surface area (Å²) in [6.45, 7) is 52.2. The lowest BCUT2D eigenvalue weighted by Crippen LogP contribution is -2.61. The Hall–Kier alpha value is -10.9. The van der Waals surface area contributed by atoms with E-state index in [1.54, 1.807) is 24.3 Å². The molecule has 638 valence electrons. The molecule has 0 fully saturated rings. The molecular formula is C120H135BN4. The van der Waals surface area contributed by atoms with Crippen LogP contribution in [0.25, 0.3) is 99.5 Å². The predicted octanol–water partition coefficient (Wildman–Crippen LogP) is 32.1. The van der Waals surface area contributed by atoms with Crippen molar-refractivity contribution in [3.8, 4) is 55.9 Å². The molecule has 0 radical (unpaired) electrons. The Morgan fingerprint density at radius 2 is 0.544 bits per heavy atom. The van der Waals surface area contributed by atoms with Crippen LogP contribution in [0.15, 0.2) is 255 Å². The van der Waals surface area contributed by atoms with Crippen LogP contribution < -0.4 is 26.2 Å². The summed E-state index contributed by atoms with van der Waals surface area (Å²) in [7, 11) is 0. The van der Waals surface area contributed by atoms with Gasteiger partial charge in [0.1, 0.15) is 0 Å². The van der Waals surface area contributed by atoms with Gasteiger partial charge in [0.05, 0.1) is 44.4 Å². The third kappa shape index (κ3) is 17.4. The summed E-state index contributed by atoms with van der Waals surface area (Å²) in [6, 6.07) is 63.8. The number of hydrogen-bond acceptors (Lipinski definition) is 2. The molecule has 2 aliphatic heterocycles. The Bertz CT molecular complexity index is 7250. The number of aromatic nitrogens is 2. The van der Waals surface area contributed by atoms with Gasteiger partial charge in [-0.05, 0) is 273 Å². The van der Waals surface area contributed by atoms with Gasteiger partial charge in [0, 0.05) is 94.4 Å². The summed E-state index contributed by atoms with van der Waals surface area (Å²) >= 11 is 0. The zero-order chi connectivity index (χ0) is 107. The quantitative estimate of drug-likeness (QED) is 0.101. The van der Waals surface area contributed by atoms with Crippen molar-refractivity contribution in [1.29, 1.82) is 0 Å². The number of para-hydroxylation sites is 2. The molecule has 2 aromatic heterocycles. The lowest BCUT2D eigenvalue weighted by molar-refractivity contribution is 0.411. The van der Waals surface area contributed by atoms with Gasteiger partial charge in [-0.1, -0.05) is 345 Å². The highest BCUT2D eigenvalue weighted by atomic mass is 15.2. The molecule has 0 unspecified atom stereocenters. The zero-order valence-corrected chi connectivity index (χ0v) is 78.5. The van der Waals surface area contributed by atoms with Gasteiger partial charge < -0.3 is 18.9 Å². The van der Waals surface area contributed by atoms with E-state index < -0.39 is 118 Å². The first kappa shape index (κ1) is 64.8. The average Bonchev–Trinajstić information content (AvgIpc) is 1.35. The smallest absolute Gasteiger partial charge is 0.252 e. The van der Waals surface area contributed by atoms with Gasteiger partial charge in [0.15, 0.2) is 0 Å². The third-order valence-corrected chi connectivity index (χ3v) is 23.4. The summed E-state index contributed by atoms with van der Waals surface area (Å²) < 4.78 is 203. The molecule has 125 heavy (non-hydrogen) atoms. The van der Waals surface area contributed by atoms with Crippen LogP contribution >= 0.6 is 0 Å². The lowest BCUT2D eigenvalue weighted by Gasteiger charge is -2.47. The van der Waals surface area contributed by atoms with E-state index in [0.29, 0.717) is 156 Å². The van der Waals surface area contributed by atoms with Crippen LogP contribution in [0.5, 0.6) is 0 Å². The Kier molecular flexibility index (Phi) is 16.1. The molecule has 0 saturated heterocycles. The van der Waals surface area contributed by atoms with E-state index >= 15 is 0 Å². The molecule has 0 amide bonds. The number of rotatable bonds is 14. The summed E-state index contributed by atoms with van der Waals surface area (Å²) in [5, 5.41) is 1.12. The van der Waals surface area contributed by atoms with Crippen LogP contribution in [-0.4, -0.2) is 15.8 Å². The SMILES string of the molecule is [2H]c1c([2H])c([2H])c2c(c1[2H])c1cc(C([2H])([2H])C(C)(C)C)ccc1n2-c1ccc2c(c1)N(c1c(-c3cccc(C([2H])([2H])C(C)(C)C)c3)cc(C(C)(C)C)cc1-c1cccc(C([2H])([2H])C(C)(C)C)c1)c1cc(C(C)(C)C)cc3c1B2c1ccc(-n2c4ccc(C([2H])([2H])C(C)(C)C)cc4c4c([2H])c([2H])c([2H])c([2H])c42)cc1N3c1c(-c2cccc(C([2H])([2H])C(C)(C)C)c2)cc(C(C)(C)C)cc1-c1cccc(C([2H])([2H])C(C)(C)C)c1. The maximum absolute atomic E-state index is 10.3. The number of anilines is 6. The lowest BCUT2D eigenvalue weighted by atomic mass is 9.33. The molecule has 13 aromatic carbocycles. The first-order chi connectivity index (χ1) is 66.5. The Labute approximate surface area is 777 Å². The van der Waals surface area contributed by atoms with E-state index in [-0.39, 0.29) is 46.0 Å². The van der Waals surface area contributed by atoms with Crippen LogP contribution in [0.3, 0.4) is 0 Å². The third-order valence-electron chi connectivity index (χ3n) is 23.4. The van der Waals surface area contributed by atoms with Crippen LogP contribution in [0, 0.1) is 32.5 Å². The molecular weight excluding hydrogens is 1510 g/mol. The van der Waals surface area contributed by atoms with Gasteiger partial charge in [-0.25, -0.2) is 0 Å². The molecule has 0 atom stereocenters. The van der Waals surface area contributed by atoms with E-state index in [4.69, 9.17) is 0 Å². The molecule has 15 aromatic rings. The second-order valence-corrected chi connectivity index (χ2v) is 44.3. The van der Waals surface area contributed by atoms with E-state index in [1.807, 2.05) is 255 Å². The van der Waals surface area contributed by atoms with E-state index in [0.717, 1.165) is 22.2 Å². The fraction of sp³-hybridized carbons (Fsp3) is 0.350. The summed E-state index contributed by atoms with van der Waals surface area (Å²) in [5.41, 5.74) is 10.2. The zero-order valence-electron chi connectivity index (χ0n) is 98.5. The highest BCUT2D eigenvalue weighted by Crippen LogP contribution is 2.57. The standard InChI is InChI=1S/C120H135BN4/c1-112(2,3)70-76-36-32-40-82(56-76)93-62-86(118(19,20)21)63-94(83-41-33-37-77(57-83)71-113(4,5)6)110(93)124-105-68-89(122-101-46-30-28-44-91(101)97-60-80(48-54-103(97)122)74-116(13,14)15)50-52-99(105)121-100-53-51-90(123-102-47-31-29-45-92(102)98-61-81(49-55-104(98)123)75-117(16,17)18)69-106(100)125(108-67-88(120(25,26)27)66-107(124)109(108)121)111-95(84-42-34-38-78(58-84)72-114(7,8)9)64-87(119(22,23)24)65-96(111)85-43-35-39-79(59-85)73-115(10,11)12/h28-69H,70-75H2,1-27H3/i28D,29D,30D,31D,44D,45D,46D,47D,70D2,71D2,72D2,73D2,74D2,75D2. The monoisotopic (exact) mass is 1660 g/mol. The topological polar surface area (TPSA) is 16.3 Å². The van der Waals surface area contributed by atoms with Gasteiger partial charge in [0.25, 0.3) is 6.71 Å². The molecule has 0 saturated carbocycles. The molecule has 0 spiro atoms. The van der Waals surface area contributed by atoms with E-state index in [9.17, 15) is 27.4 Å². The number of benzene rings is 13. The molecule has 17 rings (SSSR count). The van der Waals surface area contributed by atoms with Crippen molar-refractivity contribution < 1.29 is 27.4 Å². The minimum absolute atomic E-state index is 0.134. The Morgan fingerprint density at radius 1 is 0.264 bits per heavy atom. The van der Waals surface area contributed by atoms with Crippen molar-refractivity contribution in [1.82, 2.24) is 9.13 Å². The van der Waals surface area contributed by atoms with E-state index in [1.165, 1.54) is 0 Å². The summed E-state index contributed by atoms with van der Waals surface area (Å²) in [6.07, 6.45) is -11.7. The average molecular weight is 1660 g/mol. The number of hydrogen-bond donors (Lipinski definition) is 0. The minimum Gasteiger partial charge on any atom is -0.310 e. The second-order valence-electron chi connectivity index (χ2n) is 44.3. The van der Waals surface area contributed by atoms with Gasteiger partial charge in [-0.15, -0.1) is 0 Å². The number of nitrogens with zero attached hydrogens (tertiary/aromatic N) is 4. The first-order valence-electron chi connectivity index (χ1n) is 54.5. The van der Waals surface area contributed by atoms with Gasteiger partial charge in [-0.3, -0.25) is 0 Å². The van der Waals surface area contributed by atoms with Gasteiger partial charge >= 0.3 is 0 Å². The predicted molar refractivity (Wildman–Crippen MR) is 546 cm³/mol. The molecule has 0 bridgehead atoms. The second kappa shape index (κ2) is 31.0. The molecule has 2 aliphatic rings. The molecule has 5 heteroatoms. The maximum atomic E-state index is 10.3. The minimum atomic E-state index is -1.96. The molecule has 0 aliphatic carbocycles. The van der Waals surface area contributed by atoms with Gasteiger partial charge in [-0.2, -0.15) is 0 Å².